The van der Waals surface area contributed by atoms with E-state index in [1.165, 1.54) is 11.1 Å². The van der Waals surface area contributed by atoms with Gasteiger partial charge < -0.3 is 10.2 Å². The van der Waals surface area contributed by atoms with Gasteiger partial charge in [0.05, 0.1) is 5.69 Å². The van der Waals surface area contributed by atoms with Gasteiger partial charge in [-0.05, 0) is 76.4 Å². The molecule has 1 N–H and O–H groups in total. The molecule has 5 aromatic carbocycles. The summed E-state index contributed by atoms with van der Waals surface area (Å²) in [5.74, 6) is 8.39. The highest BCUT2D eigenvalue weighted by molar-refractivity contribution is 6.17. The first-order valence-corrected chi connectivity index (χ1v) is 17.2. The van der Waals surface area contributed by atoms with E-state index in [0.29, 0.717) is 11.5 Å². The average molecular weight is 651 g/mol. The van der Waals surface area contributed by atoms with Gasteiger partial charge in [-0.25, -0.2) is 9.97 Å². The highest BCUT2D eigenvalue weighted by Crippen LogP contribution is 2.46. The van der Waals surface area contributed by atoms with Crippen molar-refractivity contribution in [3.05, 3.63) is 162 Å². The smallest absolute Gasteiger partial charge is 0.132 e. The van der Waals surface area contributed by atoms with Crippen LogP contribution in [0.15, 0.2) is 140 Å². The van der Waals surface area contributed by atoms with Gasteiger partial charge >= 0.3 is 0 Å². The molecular weight excluding hydrogens is 609 g/mol. The predicted molar refractivity (Wildman–Crippen MR) is 211 cm³/mol. The summed E-state index contributed by atoms with van der Waals surface area (Å²) in [6, 6.07) is 46.9. The first kappa shape index (κ1) is 32.6. The van der Waals surface area contributed by atoms with Gasteiger partial charge in [-0.15, -0.1) is 0 Å². The van der Waals surface area contributed by atoms with Crippen molar-refractivity contribution < 1.29 is 0 Å². The molecule has 0 atom stereocenters. The normalized spacial score (nSPS) is 11.6. The minimum Gasteiger partial charge on any atom is -0.325 e. The fourth-order valence-corrected chi connectivity index (χ4v) is 6.38. The highest BCUT2D eigenvalue weighted by atomic mass is 15.1. The molecule has 0 unspecified atom stereocenters. The molecule has 0 radical (unpaired) electrons. The molecule has 0 aliphatic heterocycles. The topological polar surface area (TPSA) is 41.0 Å². The van der Waals surface area contributed by atoms with Crippen LogP contribution in [0.3, 0.4) is 0 Å². The van der Waals surface area contributed by atoms with E-state index < -0.39 is 0 Å². The van der Waals surface area contributed by atoms with Gasteiger partial charge in [-0.2, -0.15) is 0 Å². The summed E-state index contributed by atoms with van der Waals surface area (Å²) in [4.78, 5) is 11.6. The van der Waals surface area contributed by atoms with Crippen molar-refractivity contribution in [3.63, 3.8) is 0 Å². The molecule has 7 aromatic rings. The Hall–Kier alpha value is -5.92. The first-order chi connectivity index (χ1) is 24.1. The molecule has 4 nitrogen and oxygen atoms in total. The molecule has 0 amide bonds. The number of nitrogens with one attached hydrogen (secondary N) is 1. The van der Waals surface area contributed by atoms with E-state index in [0.717, 1.165) is 50.0 Å². The Morgan fingerprint density at radius 2 is 1.00 bits per heavy atom. The van der Waals surface area contributed by atoms with Crippen LogP contribution in [-0.2, 0) is 10.8 Å². The third-order valence-electron chi connectivity index (χ3n) is 9.10. The summed E-state index contributed by atoms with van der Waals surface area (Å²) in [5, 5.41) is 7.74. The Bertz CT molecular complexity index is 2240. The number of pyridine rings is 2. The fourth-order valence-electron chi connectivity index (χ4n) is 6.38. The van der Waals surface area contributed by atoms with E-state index in [1.807, 2.05) is 36.4 Å². The van der Waals surface area contributed by atoms with Crippen molar-refractivity contribution in [3.8, 4) is 11.8 Å². The second kappa shape index (κ2) is 13.2. The summed E-state index contributed by atoms with van der Waals surface area (Å²) in [6.45, 7) is 13.6. The summed E-state index contributed by atoms with van der Waals surface area (Å²) in [5.41, 5.74) is 7.73. The quantitative estimate of drug-likeness (QED) is 0.149. The predicted octanol–water partition coefficient (Wildman–Crippen LogP) is 12.0. The monoisotopic (exact) mass is 650 g/mol. The fraction of sp³-hybridized carbons (Fsp3) is 0.174. The van der Waals surface area contributed by atoms with Gasteiger partial charge in [0, 0.05) is 44.7 Å². The van der Waals surface area contributed by atoms with Crippen molar-refractivity contribution >= 4 is 50.2 Å². The number of nitrogens with zero attached hydrogens (tertiary/aromatic N) is 3. The maximum absolute atomic E-state index is 4.78. The third kappa shape index (κ3) is 6.68. The lowest BCUT2D eigenvalue weighted by molar-refractivity contribution is 0.590. The maximum atomic E-state index is 4.78. The molecule has 0 saturated carbocycles. The standard InChI is InChI=1S/C46H42N4/c1-45(2,3)32-21-26-35(27-22-32)50(36-28-23-33(24-29-36)46(4,5)6)44-40-17-9-7-15-37(40)39(38-16-8-10-18-41(38)44)30-25-34-14-13-20-43(48-34)49-42-19-11-12-31-47-42/h7-24,26-29,31H,1-6H3,(H,47,48,49). The van der Waals surface area contributed by atoms with Crippen LogP contribution in [0.1, 0.15) is 63.9 Å². The molecule has 0 saturated heterocycles. The van der Waals surface area contributed by atoms with Gasteiger partial charge in [0.2, 0.25) is 0 Å². The molecular formula is C46H42N4. The third-order valence-corrected chi connectivity index (χ3v) is 9.10. The Balaban J connectivity index is 1.42. The van der Waals surface area contributed by atoms with Crippen LogP contribution in [0, 0.1) is 11.8 Å². The molecule has 7 rings (SSSR count). The van der Waals surface area contributed by atoms with Crippen molar-refractivity contribution in [2.24, 2.45) is 0 Å². The molecule has 0 bridgehead atoms. The minimum absolute atomic E-state index is 0.0559. The highest BCUT2D eigenvalue weighted by Gasteiger charge is 2.23. The molecule has 2 aromatic heterocycles. The van der Waals surface area contributed by atoms with Crippen LogP contribution >= 0.6 is 0 Å². The Morgan fingerprint density at radius 1 is 0.500 bits per heavy atom. The number of fused-ring (bicyclic) bond motifs is 2. The molecule has 4 heteroatoms. The van der Waals surface area contributed by atoms with E-state index in [4.69, 9.17) is 4.98 Å². The van der Waals surface area contributed by atoms with Gasteiger partial charge in [-0.1, -0.05) is 132 Å². The lowest BCUT2D eigenvalue weighted by atomic mass is 9.86. The largest absolute Gasteiger partial charge is 0.325 e. The molecule has 0 aliphatic rings. The van der Waals surface area contributed by atoms with E-state index in [-0.39, 0.29) is 10.8 Å². The lowest BCUT2D eigenvalue weighted by Crippen LogP contribution is -2.15. The molecule has 0 aliphatic carbocycles. The van der Waals surface area contributed by atoms with E-state index in [2.05, 4.69) is 166 Å². The second-order valence-corrected chi connectivity index (χ2v) is 14.7. The number of aromatic nitrogens is 2. The number of rotatable bonds is 5. The zero-order valence-electron chi connectivity index (χ0n) is 29.6. The number of hydrogen-bond acceptors (Lipinski definition) is 4. The van der Waals surface area contributed by atoms with Crippen LogP contribution in [-0.4, -0.2) is 9.97 Å². The number of benzene rings is 5. The summed E-state index contributed by atoms with van der Waals surface area (Å²) >= 11 is 0. The van der Waals surface area contributed by atoms with Gasteiger partial charge in [0.25, 0.3) is 0 Å². The number of anilines is 5. The first-order valence-electron chi connectivity index (χ1n) is 17.2. The summed E-state index contributed by atoms with van der Waals surface area (Å²) < 4.78 is 0. The van der Waals surface area contributed by atoms with Crippen LogP contribution in [0.5, 0.6) is 0 Å². The van der Waals surface area contributed by atoms with Crippen molar-refractivity contribution in [2.75, 3.05) is 10.2 Å². The van der Waals surface area contributed by atoms with Gasteiger partial charge in [-0.3, -0.25) is 0 Å². The average Bonchev–Trinajstić information content (AvgIpc) is 3.11. The zero-order valence-corrected chi connectivity index (χ0v) is 29.6. The number of hydrogen-bond donors (Lipinski definition) is 1. The minimum atomic E-state index is 0.0559. The van der Waals surface area contributed by atoms with Crippen molar-refractivity contribution in [2.45, 2.75) is 52.4 Å². The Kier molecular flexibility index (Phi) is 8.60. The molecule has 50 heavy (non-hydrogen) atoms. The van der Waals surface area contributed by atoms with E-state index in [9.17, 15) is 0 Å². The van der Waals surface area contributed by atoms with Crippen molar-refractivity contribution in [1.82, 2.24) is 9.97 Å². The van der Waals surface area contributed by atoms with Crippen LogP contribution < -0.4 is 10.2 Å². The Labute approximate surface area is 295 Å². The van der Waals surface area contributed by atoms with Crippen molar-refractivity contribution in [1.29, 1.82) is 0 Å². The SMILES string of the molecule is CC(C)(C)c1ccc(N(c2ccc(C(C)(C)C)cc2)c2c3ccccc3c(C#Cc3cccc(Nc4ccccn4)n3)c3ccccc23)cc1. The maximum Gasteiger partial charge on any atom is 0.132 e. The van der Waals surface area contributed by atoms with Gasteiger partial charge in [0.1, 0.15) is 17.3 Å². The van der Waals surface area contributed by atoms with Gasteiger partial charge in [0.15, 0.2) is 0 Å². The molecule has 0 fully saturated rings. The van der Waals surface area contributed by atoms with Crippen LogP contribution in [0.25, 0.3) is 21.5 Å². The second-order valence-electron chi connectivity index (χ2n) is 14.7. The molecule has 246 valence electrons. The summed E-state index contributed by atoms with van der Waals surface area (Å²) in [6.07, 6.45) is 1.76. The van der Waals surface area contributed by atoms with Crippen LogP contribution in [0.2, 0.25) is 0 Å². The lowest BCUT2D eigenvalue weighted by Gasteiger charge is -2.30. The van der Waals surface area contributed by atoms with E-state index >= 15 is 0 Å². The summed E-state index contributed by atoms with van der Waals surface area (Å²) in [7, 11) is 0. The molecule has 2 heterocycles. The van der Waals surface area contributed by atoms with Crippen LogP contribution in [0.4, 0.5) is 28.7 Å². The van der Waals surface area contributed by atoms with E-state index in [1.54, 1.807) is 6.20 Å². The Morgan fingerprint density at radius 3 is 1.50 bits per heavy atom. The molecule has 0 spiro atoms. The zero-order chi connectivity index (χ0) is 34.9.